The van der Waals surface area contributed by atoms with Gasteiger partial charge in [0.05, 0.1) is 6.04 Å². The van der Waals surface area contributed by atoms with Crippen molar-refractivity contribution in [2.75, 3.05) is 19.7 Å². The molecule has 4 heteroatoms. The highest BCUT2D eigenvalue weighted by atomic mass is 16.3. The molecule has 1 aromatic carbocycles. The molecule has 0 aliphatic carbocycles. The Hall–Kier alpha value is -1.55. The van der Waals surface area contributed by atoms with Gasteiger partial charge >= 0.3 is 6.03 Å². The van der Waals surface area contributed by atoms with Gasteiger partial charge in [-0.3, -0.25) is 0 Å². The van der Waals surface area contributed by atoms with Gasteiger partial charge in [0.2, 0.25) is 0 Å². The number of rotatable bonds is 3. The number of amides is 2. The number of hydrogen-bond acceptors (Lipinski definition) is 2. The topological polar surface area (TPSA) is 52.6 Å². The molecule has 1 fully saturated rings. The number of nitrogens with zero attached hydrogens (tertiary/aromatic N) is 1. The standard InChI is InChI=1S/C19H30N2O2/c1-14-6-5-7-16(12-14)17(19(2,3)4)20-18(23)21-10-8-15(13-22)9-11-21/h5-7,12,15,17,22H,8-11,13H2,1-4H3,(H,20,23). The first-order valence-corrected chi connectivity index (χ1v) is 8.54. The highest BCUT2D eigenvalue weighted by Gasteiger charge is 2.30. The predicted molar refractivity (Wildman–Crippen MR) is 93.3 cm³/mol. The molecule has 128 valence electrons. The minimum absolute atomic E-state index is 0.00261. The molecule has 1 saturated heterocycles. The van der Waals surface area contributed by atoms with Crippen molar-refractivity contribution in [1.29, 1.82) is 0 Å². The third-order valence-electron chi connectivity index (χ3n) is 4.67. The van der Waals surface area contributed by atoms with Crippen LogP contribution in [0.4, 0.5) is 4.79 Å². The van der Waals surface area contributed by atoms with Crippen molar-refractivity contribution in [3.63, 3.8) is 0 Å². The van der Waals surface area contributed by atoms with E-state index < -0.39 is 0 Å². The van der Waals surface area contributed by atoms with Gasteiger partial charge in [-0.15, -0.1) is 0 Å². The maximum Gasteiger partial charge on any atom is 0.317 e. The van der Waals surface area contributed by atoms with Gasteiger partial charge < -0.3 is 15.3 Å². The number of carbonyl (C=O) groups excluding carboxylic acids is 1. The lowest BCUT2D eigenvalue weighted by molar-refractivity contribution is 0.131. The molecular weight excluding hydrogens is 288 g/mol. The summed E-state index contributed by atoms with van der Waals surface area (Å²) in [7, 11) is 0. The Labute approximate surface area is 139 Å². The zero-order chi connectivity index (χ0) is 17.0. The highest BCUT2D eigenvalue weighted by molar-refractivity contribution is 5.75. The number of aryl methyl sites for hydroxylation is 1. The van der Waals surface area contributed by atoms with E-state index in [4.69, 9.17) is 0 Å². The highest BCUT2D eigenvalue weighted by Crippen LogP contribution is 2.33. The number of benzene rings is 1. The van der Waals surface area contributed by atoms with Crippen molar-refractivity contribution >= 4 is 6.03 Å². The van der Waals surface area contributed by atoms with Crippen molar-refractivity contribution in [3.05, 3.63) is 35.4 Å². The van der Waals surface area contributed by atoms with Gasteiger partial charge in [0, 0.05) is 19.7 Å². The Morgan fingerprint density at radius 3 is 2.52 bits per heavy atom. The summed E-state index contributed by atoms with van der Waals surface area (Å²) in [5.41, 5.74) is 2.29. The monoisotopic (exact) mass is 318 g/mol. The summed E-state index contributed by atoms with van der Waals surface area (Å²) in [5.74, 6) is 0.342. The van der Waals surface area contributed by atoms with E-state index in [9.17, 15) is 9.90 Å². The second-order valence-electron chi connectivity index (χ2n) is 7.78. The molecule has 0 spiro atoms. The van der Waals surface area contributed by atoms with Crippen molar-refractivity contribution < 1.29 is 9.90 Å². The molecule has 23 heavy (non-hydrogen) atoms. The molecule has 4 nitrogen and oxygen atoms in total. The van der Waals surface area contributed by atoms with E-state index >= 15 is 0 Å². The first-order chi connectivity index (χ1) is 10.8. The normalized spacial score (nSPS) is 17.9. The predicted octanol–water partition coefficient (Wildman–Crippen LogP) is 3.50. The first-order valence-electron chi connectivity index (χ1n) is 8.54. The Balaban J connectivity index is 2.08. The van der Waals surface area contributed by atoms with Crippen LogP contribution in [0.5, 0.6) is 0 Å². The summed E-state index contributed by atoms with van der Waals surface area (Å²) in [6.45, 7) is 10.2. The largest absolute Gasteiger partial charge is 0.396 e. The van der Waals surface area contributed by atoms with Crippen LogP contribution in [-0.4, -0.2) is 35.7 Å². The third-order valence-corrected chi connectivity index (χ3v) is 4.67. The van der Waals surface area contributed by atoms with Crippen molar-refractivity contribution in [3.8, 4) is 0 Å². The van der Waals surface area contributed by atoms with E-state index in [1.54, 1.807) is 0 Å². The molecule has 2 rings (SSSR count). The summed E-state index contributed by atoms with van der Waals surface area (Å²) in [6, 6.07) is 8.33. The van der Waals surface area contributed by atoms with Crippen LogP contribution in [0.3, 0.4) is 0 Å². The number of likely N-dealkylation sites (tertiary alicyclic amines) is 1. The average Bonchev–Trinajstić information content (AvgIpc) is 2.51. The van der Waals surface area contributed by atoms with Crippen LogP contribution >= 0.6 is 0 Å². The summed E-state index contributed by atoms with van der Waals surface area (Å²) in [5, 5.41) is 12.5. The average molecular weight is 318 g/mol. The van der Waals surface area contributed by atoms with Crippen molar-refractivity contribution in [2.45, 2.75) is 46.6 Å². The maximum absolute atomic E-state index is 12.7. The molecule has 1 aromatic rings. The van der Waals surface area contributed by atoms with E-state index in [1.165, 1.54) is 5.56 Å². The van der Waals surface area contributed by atoms with E-state index in [0.29, 0.717) is 5.92 Å². The Morgan fingerprint density at radius 2 is 2.00 bits per heavy atom. The number of hydrogen-bond donors (Lipinski definition) is 2. The first kappa shape index (κ1) is 17.8. The number of carbonyl (C=O) groups is 1. The van der Waals surface area contributed by atoms with Crippen LogP contribution in [0.25, 0.3) is 0 Å². The SMILES string of the molecule is Cc1cccc(C(NC(=O)N2CCC(CO)CC2)C(C)(C)C)c1. The number of nitrogens with one attached hydrogen (secondary N) is 1. The molecule has 0 radical (unpaired) electrons. The Kier molecular flexibility index (Phi) is 5.69. The fourth-order valence-electron chi connectivity index (χ4n) is 3.18. The lowest BCUT2D eigenvalue weighted by Gasteiger charge is -2.36. The third kappa shape index (κ3) is 4.71. The minimum Gasteiger partial charge on any atom is -0.396 e. The Morgan fingerprint density at radius 1 is 1.35 bits per heavy atom. The number of aliphatic hydroxyl groups excluding tert-OH is 1. The zero-order valence-corrected chi connectivity index (χ0v) is 14.8. The smallest absolute Gasteiger partial charge is 0.317 e. The lowest BCUT2D eigenvalue weighted by atomic mass is 9.82. The number of aliphatic hydroxyl groups is 1. The second-order valence-corrected chi connectivity index (χ2v) is 7.78. The molecule has 1 unspecified atom stereocenters. The minimum atomic E-state index is -0.0626. The van der Waals surface area contributed by atoms with Crippen LogP contribution in [0, 0.1) is 18.3 Å². The molecule has 1 atom stereocenters. The molecule has 0 aromatic heterocycles. The molecule has 1 aliphatic rings. The zero-order valence-electron chi connectivity index (χ0n) is 14.8. The quantitative estimate of drug-likeness (QED) is 0.896. The van der Waals surface area contributed by atoms with Gasteiger partial charge in [0.15, 0.2) is 0 Å². The van der Waals surface area contributed by atoms with Crippen molar-refractivity contribution in [1.82, 2.24) is 10.2 Å². The van der Waals surface area contributed by atoms with Gasteiger partial charge in [-0.1, -0.05) is 50.6 Å². The van der Waals surface area contributed by atoms with Crippen LogP contribution in [0.1, 0.15) is 50.8 Å². The molecular formula is C19H30N2O2. The van der Waals surface area contributed by atoms with E-state index in [2.05, 4.69) is 51.2 Å². The molecule has 1 heterocycles. The van der Waals surface area contributed by atoms with Gasteiger partial charge in [0.1, 0.15) is 0 Å². The number of urea groups is 1. The van der Waals surface area contributed by atoms with Crippen LogP contribution in [0.15, 0.2) is 24.3 Å². The number of piperidine rings is 1. The van der Waals surface area contributed by atoms with Gasteiger partial charge in [-0.05, 0) is 36.7 Å². The molecule has 2 amide bonds. The van der Waals surface area contributed by atoms with Gasteiger partial charge in [0.25, 0.3) is 0 Å². The summed E-state index contributed by atoms with van der Waals surface area (Å²) in [6.07, 6.45) is 1.77. The van der Waals surface area contributed by atoms with Gasteiger partial charge in [-0.25, -0.2) is 4.79 Å². The van der Waals surface area contributed by atoms with Crippen LogP contribution in [0.2, 0.25) is 0 Å². The summed E-state index contributed by atoms with van der Waals surface area (Å²) < 4.78 is 0. The molecule has 0 bridgehead atoms. The van der Waals surface area contributed by atoms with E-state index in [1.807, 2.05) is 11.0 Å². The van der Waals surface area contributed by atoms with Gasteiger partial charge in [-0.2, -0.15) is 0 Å². The van der Waals surface area contributed by atoms with Crippen LogP contribution in [-0.2, 0) is 0 Å². The lowest BCUT2D eigenvalue weighted by Crippen LogP contribution is -2.48. The molecule has 2 N–H and O–H groups in total. The van der Waals surface area contributed by atoms with Crippen molar-refractivity contribution in [2.24, 2.45) is 11.3 Å². The fourth-order valence-corrected chi connectivity index (χ4v) is 3.18. The summed E-state index contributed by atoms with van der Waals surface area (Å²) >= 11 is 0. The second kappa shape index (κ2) is 7.35. The molecule has 1 aliphatic heterocycles. The van der Waals surface area contributed by atoms with Crippen LogP contribution < -0.4 is 5.32 Å². The van der Waals surface area contributed by atoms with E-state index in [0.717, 1.165) is 31.5 Å². The van der Waals surface area contributed by atoms with E-state index in [-0.39, 0.29) is 24.1 Å². The fraction of sp³-hybridized carbons (Fsp3) is 0.632. The molecule has 0 saturated carbocycles. The maximum atomic E-state index is 12.7. The summed E-state index contributed by atoms with van der Waals surface area (Å²) in [4.78, 5) is 14.5. The Bertz CT molecular complexity index is 528.